The Morgan fingerprint density at radius 1 is 1.33 bits per heavy atom. The van der Waals surface area contributed by atoms with Gasteiger partial charge >= 0.3 is 0 Å². The summed E-state index contributed by atoms with van der Waals surface area (Å²) < 4.78 is 11.4. The van der Waals surface area contributed by atoms with E-state index >= 15 is 0 Å². The highest BCUT2D eigenvalue weighted by molar-refractivity contribution is 5.43. The Hall–Kier alpha value is -1.06. The highest BCUT2D eigenvalue weighted by Gasteiger charge is 2.19. The van der Waals surface area contributed by atoms with Crippen molar-refractivity contribution in [1.29, 1.82) is 0 Å². The molecule has 1 saturated heterocycles. The van der Waals surface area contributed by atoms with Crippen molar-refractivity contribution in [3.05, 3.63) is 28.8 Å². The third kappa shape index (κ3) is 3.24. The molecule has 1 aromatic carbocycles. The molecule has 100 valence electrons. The Kier molecular flexibility index (Phi) is 4.61. The molecule has 1 aliphatic heterocycles. The third-order valence-corrected chi connectivity index (χ3v) is 3.27. The Morgan fingerprint density at radius 2 is 2.06 bits per heavy atom. The van der Waals surface area contributed by atoms with Gasteiger partial charge in [0.05, 0.1) is 13.2 Å². The fourth-order valence-electron chi connectivity index (χ4n) is 2.37. The van der Waals surface area contributed by atoms with Gasteiger partial charge in [-0.2, -0.15) is 0 Å². The molecule has 0 aliphatic carbocycles. The zero-order valence-electron chi connectivity index (χ0n) is 11.6. The van der Waals surface area contributed by atoms with E-state index in [0.29, 0.717) is 0 Å². The van der Waals surface area contributed by atoms with Crippen LogP contribution in [0.15, 0.2) is 12.1 Å². The molecule has 1 aliphatic rings. The molecule has 1 aromatic rings. The topological polar surface area (TPSA) is 30.5 Å². The van der Waals surface area contributed by atoms with Crippen LogP contribution in [0.2, 0.25) is 0 Å². The molecule has 0 saturated carbocycles. The molecule has 2 rings (SSSR count). The van der Waals surface area contributed by atoms with E-state index in [1.807, 2.05) is 0 Å². The summed E-state index contributed by atoms with van der Waals surface area (Å²) in [5, 5.41) is 3.35. The summed E-state index contributed by atoms with van der Waals surface area (Å²) >= 11 is 0. The van der Waals surface area contributed by atoms with Crippen LogP contribution in [0.5, 0.6) is 5.75 Å². The third-order valence-electron chi connectivity index (χ3n) is 3.27. The van der Waals surface area contributed by atoms with Gasteiger partial charge in [0.15, 0.2) is 0 Å². The number of benzene rings is 1. The molecule has 3 heteroatoms. The maximum absolute atomic E-state index is 6.05. The molecule has 1 fully saturated rings. The van der Waals surface area contributed by atoms with Crippen LogP contribution in [-0.4, -0.2) is 25.9 Å². The van der Waals surface area contributed by atoms with Crippen LogP contribution in [0.3, 0.4) is 0 Å². The van der Waals surface area contributed by atoms with Gasteiger partial charge in [0.1, 0.15) is 11.9 Å². The highest BCUT2D eigenvalue weighted by atomic mass is 16.5. The van der Waals surface area contributed by atoms with Gasteiger partial charge in [0, 0.05) is 13.0 Å². The highest BCUT2D eigenvalue weighted by Crippen LogP contribution is 2.27. The SMILES string of the molecule is CCNCc1cc(C)c(OC2CCOC2)c(C)c1. The monoisotopic (exact) mass is 249 g/mol. The van der Waals surface area contributed by atoms with Gasteiger partial charge < -0.3 is 14.8 Å². The second-order valence-corrected chi connectivity index (χ2v) is 4.94. The first-order valence-corrected chi connectivity index (χ1v) is 6.76. The summed E-state index contributed by atoms with van der Waals surface area (Å²) in [5.74, 6) is 1.03. The van der Waals surface area contributed by atoms with Crippen LogP contribution in [0.1, 0.15) is 30.0 Å². The molecular weight excluding hydrogens is 226 g/mol. The lowest BCUT2D eigenvalue weighted by molar-refractivity contribution is 0.140. The van der Waals surface area contributed by atoms with Gasteiger partial charge in [-0.25, -0.2) is 0 Å². The fourth-order valence-corrected chi connectivity index (χ4v) is 2.37. The molecule has 1 N–H and O–H groups in total. The maximum atomic E-state index is 6.05. The van der Waals surface area contributed by atoms with Gasteiger partial charge in [-0.3, -0.25) is 0 Å². The Balaban J connectivity index is 2.10. The summed E-state index contributed by atoms with van der Waals surface area (Å²) in [5.41, 5.74) is 3.76. The van der Waals surface area contributed by atoms with Crippen molar-refractivity contribution >= 4 is 0 Å². The van der Waals surface area contributed by atoms with Gasteiger partial charge in [-0.15, -0.1) is 0 Å². The van der Waals surface area contributed by atoms with Gasteiger partial charge in [-0.1, -0.05) is 19.1 Å². The summed E-state index contributed by atoms with van der Waals surface area (Å²) in [6.07, 6.45) is 1.22. The second-order valence-electron chi connectivity index (χ2n) is 4.94. The van der Waals surface area contributed by atoms with Crippen LogP contribution < -0.4 is 10.1 Å². The number of hydrogen-bond acceptors (Lipinski definition) is 3. The minimum Gasteiger partial charge on any atom is -0.487 e. The molecule has 0 radical (unpaired) electrons. The van der Waals surface area contributed by atoms with E-state index in [-0.39, 0.29) is 6.10 Å². The molecule has 3 nitrogen and oxygen atoms in total. The molecule has 0 amide bonds. The van der Waals surface area contributed by atoms with Crippen molar-refractivity contribution in [2.75, 3.05) is 19.8 Å². The Labute approximate surface area is 109 Å². The minimum absolute atomic E-state index is 0.224. The summed E-state index contributed by atoms with van der Waals surface area (Å²) in [4.78, 5) is 0. The largest absolute Gasteiger partial charge is 0.487 e. The smallest absolute Gasteiger partial charge is 0.125 e. The molecule has 0 spiro atoms. The molecule has 18 heavy (non-hydrogen) atoms. The van der Waals surface area contributed by atoms with E-state index in [2.05, 4.69) is 38.2 Å². The van der Waals surface area contributed by atoms with Crippen LogP contribution in [0, 0.1) is 13.8 Å². The lowest BCUT2D eigenvalue weighted by Gasteiger charge is -2.17. The van der Waals surface area contributed by atoms with Crippen LogP contribution in [0.4, 0.5) is 0 Å². The number of ether oxygens (including phenoxy) is 2. The number of nitrogens with one attached hydrogen (secondary N) is 1. The van der Waals surface area contributed by atoms with Crippen LogP contribution in [-0.2, 0) is 11.3 Å². The van der Waals surface area contributed by atoms with Crippen molar-refractivity contribution in [1.82, 2.24) is 5.32 Å². The quantitative estimate of drug-likeness (QED) is 0.870. The standard InChI is InChI=1S/C15H23NO2/c1-4-16-9-13-7-11(2)15(12(3)8-13)18-14-5-6-17-10-14/h7-8,14,16H,4-6,9-10H2,1-3H3. The van der Waals surface area contributed by atoms with Gasteiger partial charge in [-0.05, 0) is 37.1 Å². The molecule has 1 unspecified atom stereocenters. The van der Waals surface area contributed by atoms with E-state index in [1.54, 1.807) is 0 Å². The predicted octanol–water partition coefficient (Wildman–Crippen LogP) is 2.58. The minimum atomic E-state index is 0.224. The first-order chi connectivity index (χ1) is 8.70. The molecule has 1 heterocycles. The van der Waals surface area contributed by atoms with E-state index in [1.165, 1.54) is 16.7 Å². The number of aryl methyl sites for hydroxylation is 2. The lowest BCUT2D eigenvalue weighted by atomic mass is 10.1. The summed E-state index contributed by atoms with van der Waals surface area (Å²) in [6, 6.07) is 4.42. The van der Waals surface area contributed by atoms with Crippen LogP contribution >= 0.6 is 0 Å². The van der Waals surface area contributed by atoms with Gasteiger partial charge in [0.25, 0.3) is 0 Å². The van der Waals surface area contributed by atoms with E-state index in [9.17, 15) is 0 Å². The van der Waals surface area contributed by atoms with E-state index in [4.69, 9.17) is 9.47 Å². The fraction of sp³-hybridized carbons (Fsp3) is 0.600. The molecule has 0 aromatic heterocycles. The number of rotatable bonds is 5. The van der Waals surface area contributed by atoms with Crippen molar-refractivity contribution in [3.63, 3.8) is 0 Å². The van der Waals surface area contributed by atoms with Gasteiger partial charge in [0.2, 0.25) is 0 Å². The first-order valence-electron chi connectivity index (χ1n) is 6.76. The Morgan fingerprint density at radius 3 is 2.61 bits per heavy atom. The van der Waals surface area contributed by atoms with Crippen molar-refractivity contribution in [3.8, 4) is 5.75 Å². The normalized spacial score (nSPS) is 19.2. The van der Waals surface area contributed by atoms with Crippen molar-refractivity contribution < 1.29 is 9.47 Å². The molecule has 0 bridgehead atoms. The number of hydrogen-bond donors (Lipinski definition) is 1. The summed E-state index contributed by atoms with van der Waals surface area (Å²) in [6.45, 7) is 9.82. The van der Waals surface area contributed by atoms with Crippen molar-refractivity contribution in [2.24, 2.45) is 0 Å². The average molecular weight is 249 g/mol. The first kappa shape index (κ1) is 13.4. The van der Waals surface area contributed by atoms with E-state index < -0.39 is 0 Å². The predicted molar refractivity (Wildman–Crippen MR) is 73.1 cm³/mol. The van der Waals surface area contributed by atoms with Crippen molar-refractivity contribution in [2.45, 2.75) is 39.8 Å². The Bertz CT molecular complexity index is 374. The lowest BCUT2D eigenvalue weighted by Crippen LogP contribution is -2.17. The van der Waals surface area contributed by atoms with Crippen LogP contribution in [0.25, 0.3) is 0 Å². The molecular formula is C15H23NO2. The summed E-state index contributed by atoms with van der Waals surface area (Å²) in [7, 11) is 0. The zero-order chi connectivity index (χ0) is 13.0. The zero-order valence-corrected chi connectivity index (χ0v) is 11.6. The maximum Gasteiger partial charge on any atom is 0.125 e. The second kappa shape index (κ2) is 6.21. The van der Waals surface area contributed by atoms with E-state index in [0.717, 1.165) is 38.5 Å². The average Bonchev–Trinajstić information content (AvgIpc) is 2.84. The molecule has 1 atom stereocenters.